The standard InChI is InChI=1S/C15H18BrNO2/c16-11-5-6-12-10(9-11)4-7-13(12)17-8-2-1-3-14(17)15(18)19/h5-6,9,13-14H,1-4,7-8H2,(H,18,19). The number of benzene rings is 1. The van der Waals surface area contributed by atoms with Gasteiger partial charge < -0.3 is 5.11 Å². The Morgan fingerprint density at radius 3 is 2.95 bits per heavy atom. The van der Waals surface area contributed by atoms with Gasteiger partial charge in [-0.3, -0.25) is 9.69 Å². The number of rotatable bonds is 2. The number of carbonyl (C=O) groups is 1. The molecule has 2 atom stereocenters. The molecule has 102 valence electrons. The van der Waals surface area contributed by atoms with Crippen LogP contribution in [0.15, 0.2) is 22.7 Å². The molecule has 2 unspecified atom stereocenters. The first-order valence-electron chi connectivity index (χ1n) is 6.93. The average Bonchev–Trinajstić information content (AvgIpc) is 2.81. The van der Waals surface area contributed by atoms with Crippen LogP contribution in [-0.4, -0.2) is 28.6 Å². The van der Waals surface area contributed by atoms with Crippen molar-refractivity contribution in [1.82, 2.24) is 4.90 Å². The Balaban J connectivity index is 1.89. The second-order valence-corrected chi connectivity index (χ2v) is 6.40. The molecule has 1 aliphatic heterocycles. The molecular formula is C15H18BrNO2. The zero-order valence-corrected chi connectivity index (χ0v) is 12.4. The molecule has 0 amide bonds. The van der Waals surface area contributed by atoms with Gasteiger partial charge in [-0.25, -0.2) is 0 Å². The molecule has 1 aromatic carbocycles. The van der Waals surface area contributed by atoms with Crippen molar-refractivity contribution >= 4 is 21.9 Å². The Morgan fingerprint density at radius 2 is 2.16 bits per heavy atom. The Labute approximate surface area is 121 Å². The van der Waals surface area contributed by atoms with E-state index in [0.29, 0.717) is 6.04 Å². The molecule has 0 spiro atoms. The maximum Gasteiger partial charge on any atom is 0.320 e. The van der Waals surface area contributed by atoms with Gasteiger partial charge in [0.05, 0.1) is 0 Å². The molecule has 1 aliphatic carbocycles. The summed E-state index contributed by atoms with van der Waals surface area (Å²) < 4.78 is 1.11. The molecule has 2 aliphatic rings. The molecule has 1 heterocycles. The molecule has 0 bridgehead atoms. The number of hydrogen-bond acceptors (Lipinski definition) is 2. The largest absolute Gasteiger partial charge is 0.480 e. The van der Waals surface area contributed by atoms with Gasteiger partial charge in [0.2, 0.25) is 0 Å². The Morgan fingerprint density at radius 1 is 1.32 bits per heavy atom. The average molecular weight is 324 g/mol. The molecule has 0 radical (unpaired) electrons. The van der Waals surface area contributed by atoms with E-state index in [1.54, 1.807) is 0 Å². The van der Waals surface area contributed by atoms with Gasteiger partial charge in [0.1, 0.15) is 6.04 Å². The van der Waals surface area contributed by atoms with Gasteiger partial charge in [0.25, 0.3) is 0 Å². The summed E-state index contributed by atoms with van der Waals surface area (Å²) in [6.07, 6.45) is 5.05. The van der Waals surface area contributed by atoms with E-state index in [-0.39, 0.29) is 6.04 Å². The van der Waals surface area contributed by atoms with Crippen LogP contribution in [0.4, 0.5) is 0 Å². The van der Waals surface area contributed by atoms with Crippen LogP contribution in [0.25, 0.3) is 0 Å². The first-order chi connectivity index (χ1) is 9.16. The van der Waals surface area contributed by atoms with E-state index in [1.807, 2.05) is 0 Å². The fourth-order valence-electron chi connectivity index (χ4n) is 3.50. The van der Waals surface area contributed by atoms with E-state index in [9.17, 15) is 9.90 Å². The third-order valence-corrected chi connectivity index (χ3v) is 4.87. The lowest BCUT2D eigenvalue weighted by Crippen LogP contribution is -2.46. The summed E-state index contributed by atoms with van der Waals surface area (Å²) in [5, 5.41) is 9.41. The number of aliphatic carboxylic acids is 1. The van der Waals surface area contributed by atoms with Crippen LogP contribution >= 0.6 is 15.9 Å². The highest BCUT2D eigenvalue weighted by Gasteiger charge is 2.36. The van der Waals surface area contributed by atoms with Crippen LogP contribution in [0.1, 0.15) is 42.9 Å². The normalized spacial score (nSPS) is 27.2. The zero-order valence-electron chi connectivity index (χ0n) is 10.8. The van der Waals surface area contributed by atoms with Gasteiger partial charge in [-0.1, -0.05) is 28.4 Å². The summed E-state index contributed by atoms with van der Waals surface area (Å²) in [5.74, 6) is -0.662. The number of piperidine rings is 1. The van der Waals surface area contributed by atoms with E-state index in [0.717, 1.165) is 43.1 Å². The quantitative estimate of drug-likeness (QED) is 0.907. The van der Waals surface area contributed by atoms with Crippen molar-refractivity contribution in [3.05, 3.63) is 33.8 Å². The van der Waals surface area contributed by atoms with Crippen LogP contribution in [0, 0.1) is 0 Å². The minimum Gasteiger partial charge on any atom is -0.480 e. The second kappa shape index (κ2) is 5.25. The highest BCUT2D eigenvalue weighted by atomic mass is 79.9. The van der Waals surface area contributed by atoms with Crippen molar-refractivity contribution in [2.75, 3.05) is 6.54 Å². The summed E-state index contributed by atoms with van der Waals surface area (Å²) in [4.78, 5) is 13.7. The van der Waals surface area contributed by atoms with Gasteiger partial charge >= 0.3 is 5.97 Å². The van der Waals surface area contributed by atoms with Crippen molar-refractivity contribution in [3.63, 3.8) is 0 Å². The SMILES string of the molecule is O=C(O)C1CCCCN1C1CCc2cc(Br)ccc21. The maximum absolute atomic E-state index is 11.4. The number of fused-ring (bicyclic) bond motifs is 1. The summed E-state index contributed by atoms with van der Waals surface area (Å²) in [5.41, 5.74) is 2.70. The van der Waals surface area contributed by atoms with Crippen molar-refractivity contribution in [2.45, 2.75) is 44.2 Å². The van der Waals surface area contributed by atoms with Crippen LogP contribution in [-0.2, 0) is 11.2 Å². The van der Waals surface area contributed by atoms with E-state index >= 15 is 0 Å². The summed E-state index contributed by atoms with van der Waals surface area (Å²) in [6.45, 7) is 0.914. The van der Waals surface area contributed by atoms with E-state index in [1.165, 1.54) is 11.1 Å². The number of nitrogens with zero attached hydrogens (tertiary/aromatic N) is 1. The van der Waals surface area contributed by atoms with Crippen LogP contribution in [0.2, 0.25) is 0 Å². The predicted molar refractivity (Wildman–Crippen MR) is 77.2 cm³/mol. The lowest BCUT2D eigenvalue weighted by atomic mass is 9.97. The number of carboxylic acids is 1. The highest BCUT2D eigenvalue weighted by Crippen LogP contribution is 2.39. The van der Waals surface area contributed by atoms with Gasteiger partial charge in [-0.2, -0.15) is 0 Å². The fourth-order valence-corrected chi connectivity index (χ4v) is 3.91. The van der Waals surface area contributed by atoms with Crippen LogP contribution in [0.3, 0.4) is 0 Å². The minimum atomic E-state index is -0.662. The molecule has 0 saturated carbocycles. The third-order valence-electron chi connectivity index (χ3n) is 4.38. The van der Waals surface area contributed by atoms with E-state index in [2.05, 4.69) is 39.0 Å². The molecule has 1 saturated heterocycles. The number of aryl methyl sites for hydroxylation is 1. The lowest BCUT2D eigenvalue weighted by Gasteiger charge is -2.37. The monoisotopic (exact) mass is 323 g/mol. The van der Waals surface area contributed by atoms with Crippen molar-refractivity contribution in [2.24, 2.45) is 0 Å². The molecular weight excluding hydrogens is 306 g/mol. The predicted octanol–water partition coefficient (Wildman–Crippen LogP) is 3.38. The molecule has 4 heteroatoms. The number of hydrogen-bond donors (Lipinski definition) is 1. The van der Waals surface area contributed by atoms with Crippen molar-refractivity contribution < 1.29 is 9.90 Å². The van der Waals surface area contributed by atoms with Crippen molar-refractivity contribution in [3.8, 4) is 0 Å². The first kappa shape index (κ1) is 13.1. The topological polar surface area (TPSA) is 40.5 Å². The van der Waals surface area contributed by atoms with Crippen molar-refractivity contribution in [1.29, 1.82) is 0 Å². The summed E-state index contributed by atoms with van der Waals surface area (Å²) in [7, 11) is 0. The van der Waals surface area contributed by atoms with Gasteiger partial charge in [-0.15, -0.1) is 0 Å². The van der Waals surface area contributed by atoms with Gasteiger partial charge in [0.15, 0.2) is 0 Å². The third kappa shape index (κ3) is 2.43. The van der Waals surface area contributed by atoms with E-state index in [4.69, 9.17) is 0 Å². The van der Waals surface area contributed by atoms with Gasteiger partial charge in [-0.05, 0) is 55.5 Å². The molecule has 1 fully saturated rings. The fraction of sp³-hybridized carbons (Fsp3) is 0.533. The molecule has 3 rings (SSSR count). The minimum absolute atomic E-state index is 0.296. The van der Waals surface area contributed by atoms with Crippen LogP contribution < -0.4 is 0 Å². The summed E-state index contributed by atoms with van der Waals surface area (Å²) >= 11 is 3.51. The molecule has 0 aromatic heterocycles. The summed E-state index contributed by atoms with van der Waals surface area (Å²) in [6, 6.07) is 6.40. The molecule has 19 heavy (non-hydrogen) atoms. The maximum atomic E-state index is 11.4. The van der Waals surface area contributed by atoms with E-state index < -0.39 is 5.97 Å². The van der Waals surface area contributed by atoms with Gasteiger partial charge in [0, 0.05) is 10.5 Å². The Kier molecular flexibility index (Phi) is 3.63. The number of halogens is 1. The number of carboxylic acid groups (broad SMARTS) is 1. The Bertz CT molecular complexity index is 503. The molecule has 1 N–H and O–H groups in total. The molecule has 3 nitrogen and oxygen atoms in total. The first-order valence-corrected chi connectivity index (χ1v) is 7.73. The van der Waals surface area contributed by atoms with Crippen LogP contribution in [0.5, 0.6) is 0 Å². The second-order valence-electron chi connectivity index (χ2n) is 5.49. The zero-order chi connectivity index (χ0) is 13.4. The lowest BCUT2D eigenvalue weighted by molar-refractivity contribution is -0.145. The Hall–Kier alpha value is -0.870. The molecule has 1 aromatic rings. The number of likely N-dealkylation sites (tertiary alicyclic amines) is 1. The highest BCUT2D eigenvalue weighted by molar-refractivity contribution is 9.10. The smallest absolute Gasteiger partial charge is 0.320 e.